The van der Waals surface area contributed by atoms with Crippen LogP contribution in [0.15, 0.2) is 0 Å². The molecule has 1 aliphatic heterocycles. The number of likely N-dealkylation sites (tertiary alicyclic amines) is 1. The van der Waals surface area contributed by atoms with Crippen LogP contribution in [0.25, 0.3) is 0 Å². The van der Waals surface area contributed by atoms with Crippen molar-refractivity contribution in [3.05, 3.63) is 0 Å². The fourth-order valence-electron chi connectivity index (χ4n) is 1.68. The summed E-state index contributed by atoms with van der Waals surface area (Å²) in [5, 5.41) is 0. The number of primary amides is 1. The molecule has 1 atom stereocenters. The minimum Gasteiger partial charge on any atom is -0.370 e. The predicted octanol–water partition coefficient (Wildman–Crippen LogP) is 0.263. The lowest BCUT2D eigenvalue weighted by molar-refractivity contribution is -0.133. The van der Waals surface area contributed by atoms with Crippen LogP contribution in [0.2, 0.25) is 0 Å². The molecule has 0 unspecified atom stereocenters. The molecule has 4 heteroatoms. The topological polar surface area (TPSA) is 63.4 Å². The molecule has 0 saturated carbocycles. The summed E-state index contributed by atoms with van der Waals surface area (Å²) < 4.78 is 0. The van der Waals surface area contributed by atoms with Crippen LogP contribution in [-0.4, -0.2) is 29.3 Å². The Kier molecular flexibility index (Phi) is 3.28. The van der Waals surface area contributed by atoms with Gasteiger partial charge in [-0.2, -0.15) is 0 Å². The number of carbonyl (C=O) groups excluding carboxylic acids is 2. The standard InChI is InChI=1S/C9H16N2O2/c1-7-3-2-6-11(7)9(13)5-4-8(10)12/h7H,2-6H2,1H3,(H2,10,12)/t7-/m1/s1. The van der Waals surface area contributed by atoms with Gasteiger partial charge in [-0.3, -0.25) is 9.59 Å². The third kappa shape index (κ3) is 2.72. The molecule has 1 saturated heterocycles. The highest BCUT2D eigenvalue weighted by Crippen LogP contribution is 2.17. The Labute approximate surface area is 78.1 Å². The fourth-order valence-corrected chi connectivity index (χ4v) is 1.68. The number of nitrogens with two attached hydrogens (primary N) is 1. The SMILES string of the molecule is C[C@@H]1CCCN1C(=O)CCC(N)=O. The smallest absolute Gasteiger partial charge is 0.223 e. The molecule has 0 aliphatic carbocycles. The van der Waals surface area contributed by atoms with Crippen molar-refractivity contribution >= 4 is 11.8 Å². The van der Waals surface area contributed by atoms with Gasteiger partial charge in [0, 0.05) is 25.4 Å². The second-order valence-electron chi connectivity index (χ2n) is 3.54. The molecule has 2 N–H and O–H groups in total. The molecule has 74 valence electrons. The molecule has 1 heterocycles. The summed E-state index contributed by atoms with van der Waals surface area (Å²) in [6.07, 6.45) is 2.58. The maximum Gasteiger partial charge on any atom is 0.223 e. The van der Waals surface area contributed by atoms with E-state index in [1.807, 2.05) is 11.8 Å². The van der Waals surface area contributed by atoms with Crippen molar-refractivity contribution in [2.75, 3.05) is 6.54 Å². The van der Waals surface area contributed by atoms with E-state index in [1.54, 1.807) is 0 Å². The molecule has 0 bridgehead atoms. The molecule has 1 fully saturated rings. The first-order valence-electron chi connectivity index (χ1n) is 4.69. The first-order chi connectivity index (χ1) is 6.11. The van der Waals surface area contributed by atoms with Gasteiger partial charge in [-0.15, -0.1) is 0 Å². The van der Waals surface area contributed by atoms with Crippen molar-refractivity contribution in [3.8, 4) is 0 Å². The van der Waals surface area contributed by atoms with Gasteiger partial charge in [-0.25, -0.2) is 0 Å². The Bertz CT molecular complexity index is 216. The van der Waals surface area contributed by atoms with Crippen LogP contribution < -0.4 is 5.73 Å². The van der Waals surface area contributed by atoms with Gasteiger partial charge in [-0.1, -0.05) is 0 Å². The van der Waals surface area contributed by atoms with Crippen LogP contribution in [0.3, 0.4) is 0 Å². The van der Waals surface area contributed by atoms with Crippen molar-refractivity contribution in [2.24, 2.45) is 5.73 Å². The molecular formula is C9H16N2O2. The summed E-state index contributed by atoms with van der Waals surface area (Å²) in [6, 6.07) is 0.334. The summed E-state index contributed by atoms with van der Waals surface area (Å²) >= 11 is 0. The number of rotatable bonds is 3. The molecule has 1 aliphatic rings. The molecule has 0 aromatic carbocycles. The number of nitrogens with zero attached hydrogens (tertiary/aromatic N) is 1. The van der Waals surface area contributed by atoms with Crippen LogP contribution in [0.4, 0.5) is 0 Å². The maximum absolute atomic E-state index is 11.5. The first kappa shape index (κ1) is 10.0. The van der Waals surface area contributed by atoms with E-state index in [2.05, 4.69) is 0 Å². The summed E-state index contributed by atoms with van der Waals surface area (Å²) in [5.74, 6) is -0.344. The summed E-state index contributed by atoms with van der Waals surface area (Å²) in [6.45, 7) is 2.87. The van der Waals surface area contributed by atoms with Crippen LogP contribution >= 0.6 is 0 Å². The van der Waals surface area contributed by atoms with Crippen LogP contribution in [0, 0.1) is 0 Å². The van der Waals surface area contributed by atoms with E-state index in [0.717, 1.165) is 19.4 Å². The average Bonchev–Trinajstić information content (AvgIpc) is 2.47. The zero-order valence-electron chi connectivity index (χ0n) is 7.95. The van der Waals surface area contributed by atoms with E-state index in [0.29, 0.717) is 6.04 Å². The quantitative estimate of drug-likeness (QED) is 0.684. The normalized spacial score (nSPS) is 21.9. The molecule has 0 aromatic rings. The van der Waals surface area contributed by atoms with E-state index in [-0.39, 0.29) is 18.7 Å². The van der Waals surface area contributed by atoms with Gasteiger partial charge in [0.15, 0.2) is 0 Å². The highest BCUT2D eigenvalue weighted by atomic mass is 16.2. The fraction of sp³-hybridized carbons (Fsp3) is 0.778. The predicted molar refractivity (Wildman–Crippen MR) is 48.8 cm³/mol. The Morgan fingerprint density at radius 2 is 2.15 bits per heavy atom. The van der Waals surface area contributed by atoms with Gasteiger partial charge < -0.3 is 10.6 Å². The minimum atomic E-state index is -0.403. The van der Waals surface area contributed by atoms with Gasteiger partial charge in [0.1, 0.15) is 0 Å². The van der Waals surface area contributed by atoms with Gasteiger partial charge >= 0.3 is 0 Å². The van der Waals surface area contributed by atoms with Crippen molar-refractivity contribution in [1.29, 1.82) is 0 Å². The van der Waals surface area contributed by atoms with Gasteiger partial charge in [0.05, 0.1) is 0 Å². The summed E-state index contributed by atoms with van der Waals surface area (Å²) in [4.78, 5) is 23.8. The average molecular weight is 184 g/mol. The van der Waals surface area contributed by atoms with E-state index >= 15 is 0 Å². The van der Waals surface area contributed by atoms with Crippen LogP contribution in [0.5, 0.6) is 0 Å². The van der Waals surface area contributed by atoms with Crippen LogP contribution in [-0.2, 0) is 9.59 Å². The van der Waals surface area contributed by atoms with Crippen molar-refractivity contribution in [2.45, 2.75) is 38.6 Å². The number of hydrogen-bond acceptors (Lipinski definition) is 2. The molecule has 2 amide bonds. The Morgan fingerprint density at radius 3 is 2.62 bits per heavy atom. The van der Waals surface area contributed by atoms with Crippen molar-refractivity contribution in [1.82, 2.24) is 4.90 Å². The van der Waals surface area contributed by atoms with Gasteiger partial charge in [-0.05, 0) is 19.8 Å². The van der Waals surface area contributed by atoms with E-state index < -0.39 is 5.91 Å². The minimum absolute atomic E-state index is 0.0591. The van der Waals surface area contributed by atoms with Gasteiger partial charge in [0.25, 0.3) is 0 Å². The molecular weight excluding hydrogens is 168 g/mol. The molecule has 4 nitrogen and oxygen atoms in total. The van der Waals surface area contributed by atoms with E-state index in [4.69, 9.17) is 5.73 Å². The Morgan fingerprint density at radius 1 is 1.46 bits per heavy atom. The molecule has 0 aromatic heterocycles. The third-order valence-corrected chi connectivity index (χ3v) is 2.46. The highest BCUT2D eigenvalue weighted by Gasteiger charge is 2.24. The lowest BCUT2D eigenvalue weighted by atomic mass is 10.2. The van der Waals surface area contributed by atoms with Gasteiger partial charge in [0.2, 0.25) is 11.8 Å². The second kappa shape index (κ2) is 4.25. The zero-order valence-corrected chi connectivity index (χ0v) is 7.95. The molecule has 1 rings (SSSR count). The largest absolute Gasteiger partial charge is 0.370 e. The molecule has 0 spiro atoms. The summed E-state index contributed by atoms with van der Waals surface area (Å²) in [5.41, 5.74) is 4.96. The maximum atomic E-state index is 11.5. The monoisotopic (exact) mass is 184 g/mol. The summed E-state index contributed by atoms with van der Waals surface area (Å²) in [7, 11) is 0. The third-order valence-electron chi connectivity index (χ3n) is 2.46. The van der Waals surface area contributed by atoms with Crippen molar-refractivity contribution in [3.63, 3.8) is 0 Å². The zero-order chi connectivity index (χ0) is 9.84. The number of hydrogen-bond donors (Lipinski definition) is 1. The Hall–Kier alpha value is -1.06. The van der Waals surface area contributed by atoms with E-state index in [1.165, 1.54) is 0 Å². The van der Waals surface area contributed by atoms with Crippen LogP contribution in [0.1, 0.15) is 32.6 Å². The highest BCUT2D eigenvalue weighted by molar-refractivity contribution is 5.83. The number of carbonyl (C=O) groups is 2. The van der Waals surface area contributed by atoms with E-state index in [9.17, 15) is 9.59 Å². The second-order valence-corrected chi connectivity index (χ2v) is 3.54. The molecule has 0 radical (unpaired) electrons. The van der Waals surface area contributed by atoms with Crippen molar-refractivity contribution < 1.29 is 9.59 Å². The first-order valence-corrected chi connectivity index (χ1v) is 4.69. The lowest BCUT2D eigenvalue weighted by Gasteiger charge is -2.20. The lowest BCUT2D eigenvalue weighted by Crippen LogP contribution is -2.34. The molecule has 13 heavy (non-hydrogen) atoms. The number of amides is 2. The Balaban J connectivity index is 2.34.